The zero-order valence-electron chi connectivity index (χ0n) is 8.52. The molecule has 0 saturated carbocycles. The second-order valence-electron chi connectivity index (χ2n) is 3.85. The van der Waals surface area contributed by atoms with Crippen LogP contribution in [0.25, 0.3) is 0 Å². The van der Waals surface area contributed by atoms with Crippen LogP contribution >= 0.6 is 15.9 Å². The Morgan fingerprint density at radius 2 is 1.75 bits per heavy atom. The van der Waals surface area contributed by atoms with Crippen molar-refractivity contribution in [2.45, 2.75) is 19.0 Å². The molecule has 1 aliphatic heterocycles. The Hall–Kier alpha value is -0.710. The SMILES string of the molecule is FC(F)(F)c1cc(Br)ccc1N1CCCC1. The Bertz CT molecular complexity index is 383. The van der Waals surface area contributed by atoms with Crippen LogP contribution in [0.5, 0.6) is 0 Å². The van der Waals surface area contributed by atoms with Crippen molar-refractivity contribution >= 4 is 21.6 Å². The lowest BCUT2D eigenvalue weighted by Gasteiger charge is -2.22. The quantitative estimate of drug-likeness (QED) is 0.754. The van der Waals surface area contributed by atoms with E-state index >= 15 is 0 Å². The van der Waals surface area contributed by atoms with E-state index in [0.717, 1.165) is 18.9 Å². The van der Waals surface area contributed by atoms with Crippen molar-refractivity contribution in [1.29, 1.82) is 0 Å². The molecule has 0 aromatic heterocycles. The van der Waals surface area contributed by atoms with E-state index in [1.807, 2.05) is 0 Å². The summed E-state index contributed by atoms with van der Waals surface area (Å²) in [6.45, 7) is 1.43. The van der Waals surface area contributed by atoms with Crippen molar-refractivity contribution in [3.63, 3.8) is 0 Å². The lowest BCUT2D eigenvalue weighted by molar-refractivity contribution is -0.137. The second kappa shape index (κ2) is 4.28. The van der Waals surface area contributed by atoms with Gasteiger partial charge in [-0.1, -0.05) is 15.9 Å². The molecule has 88 valence electrons. The monoisotopic (exact) mass is 293 g/mol. The highest BCUT2D eigenvalue weighted by Gasteiger charge is 2.35. The van der Waals surface area contributed by atoms with Gasteiger partial charge in [-0.15, -0.1) is 0 Å². The van der Waals surface area contributed by atoms with E-state index in [-0.39, 0.29) is 0 Å². The highest BCUT2D eigenvalue weighted by Crippen LogP contribution is 2.39. The molecule has 0 N–H and O–H groups in total. The van der Waals surface area contributed by atoms with Crippen molar-refractivity contribution in [3.8, 4) is 0 Å². The molecule has 0 bridgehead atoms. The van der Waals surface area contributed by atoms with Gasteiger partial charge in [0.2, 0.25) is 0 Å². The third-order valence-corrected chi connectivity index (χ3v) is 3.20. The standard InChI is InChI=1S/C11H11BrF3N/c12-8-3-4-10(16-5-1-2-6-16)9(7-8)11(13,14)15/h3-4,7H,1-2,5-6H2. The highest BCUT2D eigenvalue weighted by molar-refractivity contribution is 9.10. The maximum atomic E-state index is 12.8. The first-order valence-corrected chi connectivity index (χ1v) is 5.89. The van der Waals surface area contributed by atoms with Crippen molar-refractivity contribution in [3.05, 3.63) is 28.2 Å². The molecule has 1 nitrogen and oxygen atoms in total. The summed E-state index contributed by atoms with van der Waals surface area (Å²) < 4.78 is 39.0. The summed E-state index contributed by atoms with van der Waals surface area (Å²) in [6, 6.07) is 4.34. The number of anilines is 1. The molecular formula is C11H11BrF3N. The number of rotatable bonds is 1. The summed E-state index contributed by atoms with van der Waals surface area (Å²) >= 11 is 3.08. The van der Waals surface area contributed by atoms with Crippen LogP contribution in [-0.4, -0.2) is 13.1 Å². The summed E-state index contributed by atoms with van der Waals surface area (Å²) in [6.07, 6.45) is -2.36. The molecule has 1 fully saturated rings. The number of hydrogen-bond donors (Lipinski definition) is 0. The molecule has 1 saturated heterocycles. The van der Waals surface area contributed by atoms with E-state index in [4.69, 9.17) is 0 Å². The molecule has 1 aromatic rings. The Balaban J connectivity index is 2.43. The van der Waals surface area contributed by atoms with Gasteiger partial charge in [0.05, 0.1) is 5.56 Å². The largest absolute Gasteiger partial charge is 0.418 e. The minimum absolute atomic E-state index is 0.299. The van der Waals surface area contributed by atoms with Crippen LogP contribution in [0.3, 0.4) is 0 Å². The average Bonchev–Trinajstić information content (AvgIpc) is 2.69. The summed E-state index contributed by atoms with van der Waals surface area (Å²) in [7, 11) is 0. The fourth-order valence-electron chi connectivity index (χ4n) is 1.97. The molecule has 1 heterocycles. The van der Waals surface area contributed by atoms with Crippen molar-refractivity contribution in [2.75, 3.05) is 18.0 Å². The van der Waals surface area contributed by atoms with Crippen LogP contribution in [0.4, 0.5) is 18.9 Å². The number of alkyl halides is 3. The van der Waals surface area contributed by atoms with Crippen LogP contribution in [0.1, 0.15) is 18.4 Å². The van der Waals surface area contributed by atoms with Crippen LogP contribution in [-0.2, 0) is 6.18 Å². The minimum atomic E-state index is -4.29. The third kappa shape index (κ3) is 2.34. The predicted octanol–water partition coefficient (Wildman–Crippen LogP) is 4.07. The minimum Gasteiger partial charge on any atom is -0.371 e. The summed E-state index contributed by atoms with van der Waals surface area (Å²) in [5.41, 5.74) is -0.253. The number of hydrogen-bond acceptors (Lipinski definition) is 1. The summed E-state index contributed by atoms with van der Waals surface area (Å²) in [5, 5.41) is 0. The van der Waals surface area contributed by atoms with Gasteiger partial charge in [-0.3, -0.25) is 0 Å². The summed E-state index contributed by atoms with van der Waals surface area (Å²) in [4.78, 5) is 1.80. The van der Waals surface area contributed by atoms with Gasteiger partial charge in [-0.2, -0.15) is 13.2 Å². The van der Waals surface area contributed by atoms with Crippen LogP contribution < -0.4 is 4.90 Å². The lowest BCUT2D eigenvalue weighted by atomic mass is 10.1. The molecule has 1 aromatic carbocycles. The Morgan fingerprint density at radius 3 is 2.31 bits per heavy atom. The Kier molecular flexibility index (Phi) is 3.15. The van der Waals surface area contributed by atoms with Gasteiger partial charge in [0, 0.05) is 23.2 Å². The van der Waals surface area contributed by atoms with Crippen molar-refractivity contribution in [1.82, 2.24) is 0 Å². The van der Waals surface area contributed by atoms with Gasteiger partial charge in [-0.05, 0) is 31.0 Å². The maximum Gasteiger partial charge on any atom is 0.418 e. The van der Waals surface area contributed by atoms with Crippen molar-refractivity contribution < 1.29 is 13.2 Å². The van der Waals surface area contributed by atoms with Crippen LogP contribution in [0.15, 0.2) is 22.7 Å². The first-order valence-electron chi connectivity index (χ1n) is 5.10. The normalized spacial score (nSPS) is 16.9. The van der Waals surface area contributed by atoms with E-state index < -0.39 is 11.7 Å². The average molecular weight is 294 g/mol. The molecule has 5 heteroatoms. The fourth-order valence-corrected chi connectivity index (χ4v) is 2.33. The predicted molar refractivity (Wildman–Crippen MR) is 60.6 cm³/mol. The Morgan fingerprint density at radius 1 is 1.12 bits per heavy atom. The third-order valence-electron chi connectivity index (χ3n) is 2.71. The van der Waals surface area contributed by atoms with Gasteiger partial charge in [-0.25, -0.2) is 0 Å². The number of nitrogens with zero attached hydrogens (tertiary/aromatic N) is 1. The second-order valence-corrected chi connectivity index (χ2v) is 4.77. The molecule has 16 heavy (non-hydrogen) atoms. The summed E-state index contributed by atoms with van der Waals surface area (Å²) in [5.74, 6) is 0. The molecule has 0 aliphatic carbocycles. The fraction of sp³-hybridized carbons (Fsp3) is 0.455. The van der Waals surface area contributed by atoms with Gasteiger partial charge in [0.1, 0.15) is 0 Å². The first kappa shape index (κ1) is 11.8. The molecule has 0 unspecified atom stereocenters. The molecule has 0 atom stereocenters. The van der Waals surface area contributed by atoms with Gasteiger partial charge >= 0.3 is 6.18 Å². The van der Waals surface area contributed by atoms with E-state index in [9.17, 15) is 13.2 Å². The Labute approximate surface area is 100 Å². The molecule has 2 rings (SSSR count). The molecule has 0 amide bonds. The van der Waals surface area contributed by atoms with Crippen LogP contribution in [0.2, 0.25) is 0 Å². The van der Waals surface area contributed by atoms with E-state index in [1.54, 1.807) is 11.0 Å². The number of halogens is 4. The lowest BCUT2D eigenvalue weighted by Crippen LogP contribution is -2.22. The van der Waals surface area contributed by atoms with Crippen molar-refractivity contribution in [2.24, 2.45) is 0 Å². The highest BCUT2D eigenvalue weighted by atomic mass is 79.9. The van der Waals surface area contributed by atoms with Gasteiger partial charge in [0.25, 0.3) is 0 Å². The molecule has 1 aliphatic rings. The maximum absolute atomic E-state index is 12.8. The molecular weight excluding hydrogens is 283 g/mol. The first-order chi connectivity index (χ1) is 7.48. The molecule has 0 radical (unpaired) electrons. The zero-order valence-corrected chi connectivity index (χ0v) is 10.1. The zero-order chi connectivity index (χ0) is 11.8. The van der Waals surface area contributed by atoms with Crippen LogP contribution in [0, 0.1) is 0 Å². The smallest absolute Gasteiger partial charge is 0.371 e. The van der Waals surface area contributed by atoms with E-state index in [1.165, 1.54) is 6.07 Å². The van der Waals surface area contributed by atoms with Gasteiger partial charge < -0.3 is 4.90 Å². The van der Waals surface area contributed by atoms with Gasteiger partial charge in [0.15, 0.2) is 0 Å². The van der Waals surface area contributed by atoms with E-state index in [0.29, 0.717) is 23.2 Å². The van der Waals surface area contributed by atoms with E-state index in [2.05, 4.69) is 15.9 Å². The topological polar surface area (TPSA) is 3.24 Å². The number of benzene rings is 1. The molecule has 0 spiro atoms.